The second kappa shape index (κ2) is 4.53. The maximum Gasteiger partial charge on any atom is 0.120 e. The van der Waals surface area contributed by atoms with Crippen LogP contribution < -0.4 is 10.5 Å². The van der Waals surface area contributed by atoms with Crippen LogP contribution in [0.1, 0.15) is 18.4 Å². The van der Waals surface area contributed by atoms with Crippen LogP contribution in [0, 0.1) is 0 Å². The zero-order chi connectivity index (χ0) is 10.7. The molecule has 0 saturated carbocycles. The lowest BCUT2D eigenvalue weighted by molar-refractivity contribution is 0.331. The average molecular weight is 206 g/mol. The normalized spacial score (nSPS) is 16.9. The summed E-state index contributed by atoms with van der Waals surface area (Å²) >= 11 is 0. The minimum atomic E-state index is 0.831. The molecule has 1 aliphatic rings. The van der Waals surface area contributed by atoms with E-state index in [4.69, 9.17) is 10.5 Å². The predicted octanol–water partition coefficient (Wildman–Crippen LogP) is 1.87. The van der Waals surface area contributed by atoms with Crippen molar-refractivity contribution in [2.24, 2.45) is 0 Å². The minimum absolute atomic E-state index is 0.831. The van der Waals surface area contributed by atoms with Gasteiger partial charge in [-0.3, -0.25) is 4.90 Å². The van der Waals surface area contributed by atoms with Crippen LogP contribution in [-0.4, -0.2) is 25.1 Å². The Bertz CT molecular complexity index is 332. The van der Waals surface area contributed by atoms with E-state index >= 15 is 0 Å². The Balaban J connectivity index is 2.07. The third-order valence-electron chi connectivity index (χ3n) is 2.95. The lowest BCUT2D eigenvalue weighted by Crippen LogP contribution is -2.19. The highest BCUT2D eigenvalue weighted by Crippen LogP contribution is 2.22. The quantitative estimate of drug-likeness (QED) is 0.767. The van der Waals surface area contributed by atoms with Crippen molar-refractivity contribution in [3.63, 3.8) is 0 Å². The molecular formula is C12H18N2O. The summed E-state index contributed by atoms with van der Waals surface area (Å²) in [6, 6.07) is 5.93. The third-order valence-corrected chi connectivity index (χ3v) is 2.95. The number of rotatable bonds is 3. The molecule has 3 nitrogen and oxygen atoms in total. The molecule has 0 bridgehead atoms. The van der Waals surface area contributed by atoms with E-state index < -0.39 is 0 Å². The van der Waals surface area contributed by atoms with Crippen LogP contribution in [0.25, 0.3) is 0 Å². The molecule has 0 amide bonds. The summed E-state index contributed by atoms with van der Waals surface area (Å²) in [4.78, 5) is 2.44. The Kier molecular flexibility index (Phi) is 3.11. The molecule has 0 aromatic heterocycles. The van der Waals surface area contributed by atoms with Gasteiger partial charge in [-0.15, -0.1) is 0 Å². The lowest BCUT2D eigenvalue weighted by atomic mass is 10.1. The van der Waals surface area contributed by atoms with Gasteiger partial charge in [-0.25, -0.2) is 0 Å². The van der Waals surface area contributed by atoms with E-state index in [-0.39, 0.29) is 0 Å². The molecule has 1 heterocycles. The van der Waals surface area contributed by atoms with E-state index in [0.29, 0.717) is 0 Å². The van der Waals surface area contributed by atoms with Crippen LogP contribution in [-0.2, 0) is 6.54 Å². The molecule has 0 spiro atoms. The van der Waals surface area contributed by atoms with Crippen LogP contribution in [0.2, 0.25) is 0 Å². The van der Waals surface area contributed by atoms with Gasteiger partial charge in [-0.2, -0.15) is 0 Å². The molecule has 1 aromatic rings. The topological polar surface area (TPSA) is 38.5 Å². The molecule has 2 rings (SSSR count). The fraction of sp³-hybridized carbons (Fsp3) is 0.500. The Morgan fingerprint density at radius 3 is 2.67 bits per heavy atom. The van der Waals surface area contributed by atoms with E-state index in [2.05, 4.69) is 11.0 Å². The van der Waals surface area contributed by atoms with Crippen molar-refractivity contribution in [3.8, 4) is 5.75 Å². The second-order valence-electron chi connectivity index (χ2n) is 4.05. The van der Waals surface area contributed by atoms with Gasteiger partial charge in [0, 0.05) is 18.3 Å². The van der Waals surface area contributed by atoms with Crippen LogP contribution in [0.4, 0.5) is 5.69 Å². The Morgan fingerprint density at radius 1 is 1.33 bits per heavy atom. The van der Waals surface area contributed by atoms with Crippen LogP contribution in [0.3, 0.4) is 0 Å². The molecule has 0 aliphatic carbocycles. The first kappa shape index (κ1) is 10.3. The van der Waals surface area contributed by atoms with Crippen molar-refractivity contribution in [1.29, 1.82) is 0 Å². The van der Waals surface area contributed by atoms with Gasteiger partial charge in [0.15, 0.2) is 0 Å². The molecule has 0 radical (unpaired) electrons. The molecule has 3 heteroatoms. The molecule has 1 saturated heterocycles. The molecule has 82 valence electrons. The fourth-order valence-electron chi connectivity index (χ4n) is 2.03. The lowest BCUT2D eigenvalue weighted by Gasteiger charge is -2.16. The number of nitrogens with two attached hydrogens (primary N) is 1. The summed E-state index contributed by atoms with van der Waals surface area (Å²) in [5, 5.41) is 0. The van der Waals surface area contributed by atoms with Crippen LogP contribution in [0.15, 0.2) is 18.2 Å². The first-order valence-corrected chi connectivity index (χ1v) is 5.44. The number of hydrogen-bond donors (Lipinski definition) is 1. The smallest absolute Gasteiger partial charge is 0.120 e. The molecule has 1 fully saturated rings. The largest absolute Gasteiger partial charge is 0.497 e. The number of nitrogen functional groups attached to an aromatic ring is 1. The third kappa shape index (κ3) is 2.42. The monoisotopic (exact) mass is 206 g/mol. The maximum atomic E-state index is 5.97. The van der Waals surface area contributed by atoms with E-state index in [1.54, 1.807) is 7.11 Å². The van der Waals surface area contributed by atoms with E-state index in [0.717, 1.165) is 18.0 Å². The van der Waals surface area contributed by atoms with Gasteiger partial charge in [-0.05, 0) is 37.6 Å². The van der Waals surface area contributed by atoms with Gasteiger partial charge >= 0.3 is 0 Å². The molecule has 1 aliphatic heterocycles. The van der Waals surface area contributed by atoms with Crippen molar-refractivity contribution in [2.75, 3.05) is 25.9 Å². The van der Waals surface area contributed by atoms with E-state index in [1.165, 1.54) is 31.5 Å². The van der Waals surface area contributed by atoms with Crippen LogP contribution in [0.5, 0.6) is 5.75 Å². The first-order chi connectivity index (χ1) is 7.29. The molecule has 0 unspecified atom stereocenters. The highest BCUT2D eigenvalue weighted by atomic mass is 16.5. The Hall–Kier alpha value is -1.22. The summed E-state index contributed by atoms with van der Waals surface area (Å²) < 4.78 is 5.13. The maximum absolute atomic E-state index is 5.97. The van der Waals surface area contributed by atoms with Crippen molar-refractivity contribution in [3.05, 3.63) is 23.8 Å². The molecular weight excluding hydrogens is 188 g/mol. The SMILES string of the molecule is COc1ccc(CN2CCCC2)c(N)c1. The van der Waals surface area contributed by atoms with Gasteiger partial charge in [0.1, 0.15) is 5.75 Å². The molecule has 1 aromatic carbocycles. The highest BCUT2D eigenvalue weighted by molar-refractivity contribution is 5.51. The zero-order valence-corrected chi connectivity index (χ0v) is 9.20. The Morgan fingerprint density at radius 2 is 2.07 bits per heavy atom. The van der Waals surface area contributed by atoms with Crippen molar-refractivity contribution in [1.82, 2.24) is 4.90 Å². The van der Waals surface area contributed by atoms with E-state index in [1.807, 2.05) is 12.1 Å². The summed E-state index contributed by atoms with van der Waals surface area (Å²) in [7, 11) is 1.66. The molecule has 0 atom stereocenters. The average Bonchev–Trinajstić information content (AvgIpc) is 2.74. The first-order valence-electron chi connectivity index (χ1n) is 5.44. The number of methoxy groups -OCH3 is 1. The summed E-state index contributed by atoms with van der Waals surface area (Å²) in [5.41, 5.74) is 8.01. The molecule has 15 heavy (non-hydrogen) atoms. The minimum Gasteiger partial charge on any atom is -0.497 e. The van der Waals surface area contributed by atoms with Gasteiger partial charge in [-0.1, -0.05) is 6.07 Å². The number of nitrogens with zero attached hydrogens (tertiary/aromatic N) is 1. The van der Waals surface area contributed by atoms with Crippen molar-refractivity contribution < 1.29 is 4.74 Å². The highest BCUT2D eigenvalue weighted by Gasteiger charge is 2.13. The zero-order valence-electron chi connectivity index (χ0n) is 9.20. The second-order valence-corrected chi connectivity index (χ2v) is 4.05. The Labute approximate surface area is 90.8 Å². The fourth-order valence-corrected chi connectivity index (χ4v) is 2.03. The number of ether oxygens (including phenoxy) is 1. The summed E-state index contributed by atoms with van der Waals surface area (Å²) in [5.74, 6) is 0.831. The number of likely N-dealkylation sites (tertiary alicyclic amines) is 1. The van der Waals surface area contributed by atoms with Crippen molar-refractivity contribution >= 4 is 5.69 Å². The summed E-state index contributed by atoms with van der Waals surface area (Å²) in [6.45, 7) is 3.37. The van der Waals surface area contributed by atoms with Gasteiger partial charge < -0.3 is 10.5 Å². The van der Waals surface area contributed by atoms with Gasteiger partial charge in [0.05, 0.1) is 7.11 Å². The molecule has 2 N–H and O–H groups in total. The number of benzene rings is 1. The predicted molar refractivity (Wildman–Crippen MR) is 61.9 cm³/mol. The van der Waals surface area contributed by atoms with Crippen LogP contribution >= 0.6 is 0 Å². The van der Waals surface area contributed by atoms with Gasteiger partial charge in [0.2, 0.25) is 0 Å². The number of hydrogen-bond acceptors (Lipinski definition) is 3. The van der Waals surface area contributed by atoms with Crippen molar-refractivity contribution in [2.45, 2.75) is 19.4 Å². The van der Waals surface area contributed by atoms with Gasteiger partial charge in [0.25, 0.3) is 0 Å². The standard InChI is InChI=1S/C12H18N2O/c1-15-11-5-4-10(12(13)8-11)9-14-6-2-3-7-14/h4-5,8H,2-3,6-7,9,13H2,1H3. The summed E-state index contributed by atoms with van der Waals surface area (Å²) in [6.07, 6.45) is 2.63. The number of anilines is 1. The van der Waals surface area contributed by atoms with E-state index in [9.17, 15) is 0 Å².